The molecule has 1 saturated carbocycles. The summed E-state index contributed by atoms with van der Waals surface area (Å²) in [6, 6.07) is 2.26. The van der Waals surface area contributed by atoms with E-state index in [9.17, 15) is 8.78 Å². The standard InChI is InChI=1S/C13H18F2N2/c1-8(9-4-2-3-5-9)17-12-7-10(14)6-11(15)13(12)16/h6-9,17H,2-5,16H2,1H3. The lowest BCUT2D eigenvalue weighted by Gasteiger charge is -2.22. The van der Waals surface area contributed by atoms with Crippen molar-refractivity contribution in [2.45, 2.75) is 38.6 Å². The second kappa shape index (κ2) is 4.90. The number of nitrogens with two attached hydrogens (primary N) is 1. The Morgan fingerprint density at radius 3 is 2.59 bits per heavy atom. The van der Waals surface area contributed by atoms with Gasteiger partial charge in [0, 0.05) is 12.1 Å². The van der Waals surface area contributed by atoms with Crippen LogP contribution in [0.15, 0.2) is 12.1 Å². The van der Waals surface area contributed by atoms with Crippen LogP contribution in [0, 0.1) is 17.6 Å². The first-order valence-electron chi connectivity index (χ1n) is 6.09. The molecule has 4 heteroatoms. The fourth-order valence-corrected chi connectivity index (χ4v) is 2.52. The van der Waals surface area contributed by atoms with Crippen LogP contribution in [0.2, 0.25) is 0 Å². The van der Waals surface area contributed by atoms with Crippen molar-refractivity contribution in [2.24, 2.45) is 5.92 Å². The Kier molecular flexibility index (Phi) is 3.50. The molecule has 1 aliphatic rings. The highest BCUT2D eigenvalue weighted by atomic mass is 19.1. The van der Waals surface area contributed by atoms with Crippen molar-refractivity contribution >= 4 is 11.4 Å². The molecule has 1 aliphatic carbocycles. The van der Waals surface area contributed by atoms with Crippen LogP contribution < -0.4 is 11.1 Å². The number of benzene rings is 1. The van der Waals surface area contributed by atoms with Crippen molar-refractivity contribution in [3.63, 3.8) is 0 Å². The summed E-state index contributed by atoms with van der Waals surface area (Å²) in [6.07, 6.45) is 4.82. The molecule has 0 spiro atoms. The minimum atomic E-state index is -0.703. The highest BCUT2D eigenvalue weighted by Crippen LogP contribution is 2.31. The van der Waals surface area contributed by atoms with Gasteiger partial charge in [-0.25, -0.2) is 8.78 Å². The van der Waals surface area contributed by atoms with Crippen molar-refractivity contribution < 1.29 is 8.78 Å². The first-order valence-corrected chi connectivity index (χ1v) is 6.09. The molecule has 2 rings (SSSR count). The monoisotopic (exact) mass is 240 g/mol. The molecule has 94 valence electrons. The van der Waals surface area contributed by atoms with Crippen molar-refractivity contribution in [3.05, 3.63) is 23.8 Å². The van der Waals surface area contributed by atoms with Gasteiger partial charge in [-0.3, -0.25) is 0 Å². The van der Waals surface area contributed by atoms with E-state index in [0.29, 0.717) is 11.6 Å². The summed E-state index contributed by atoms with van der Waals surface area (Å²) in [4.78, 5) is 0. The average Bonchev–Trinajstić information content (AvgIpc) is 2.78. The van der Waals surface area contributed by atoms with Crippen molar-refractivity contribution in [2.75, 3.05) is 11.1 Å². The summed E-state index contributed by atoms with van der Waals surface area (Å²) in [5, 5.41) is 3.13. The van der Waals surface area contributed by atoms with E-state index in [1.54, 1.807) is 0 Å². The molecule has 17 heavy (non-hydrogen) atoms. The Morgan fingerprint density at radius 1 is 1.29 bits per heavy atom. The molecule has 1 atom stereocenters. The summed E-state index contributed by atoms with van der Waals surface area (Å²) < 4.78 is 26.4. The van der Waals surface area contributed by atoms with Crippen LogP contribution in [0.3, 0.4) is 0 Å². The third-order valence-electron chi connectivity index (χ3n) is 3.58. The van der Waals surface area contributed by atoms with E-state index in [1.807, 2.05) is 6.92 Å². The van der Waals surface area contributed by atoms with E-state index in [4.69, 9.17) is 5.73 Å². The van der Waals surface area contributed by atoms with Crippen molar-refractivity contribution in [1.29, 1.82) is 0 Å². The molecular formula is C13H18F2N2. The first kappa shape index (κ1) is 12.1. The molecule has 1 aromatic rings. The van der Waals surface area contributed by atoms with E-state index < -0.39 is 11.6 Å². The lowest BCUT2D eigenvalue weighted by molar-refractivity contribution is 0.481. The minimum absolute atomic E-state index is 0.00348. The maximum atomic E-state index is 13.3. The second-order valence-electron chi connectivity index (χ2n) is 4.83. The minimum Gasteiger partial charge on any atom is -0.395 e. The van der Waals surface area contributed by atoms with E-state index >= 15 is 0 Å². The van der Waals surface area contributed by atoms with Crippen LogP contribution in [0.25, 0.3) is 0 Å². The summed E-state index contributed by atoms with van der Waals surface area (Å²) in [5.41, 5.74) is 5.95. The summed E-state index contributed by atoms with van der Waals surface area (Å²) in [5.74, 6) is -0.732. The van der Waals surface area contributed by atoms with Gasteiger partial charge in [-0.2, -0.15) is 0 Å². The fraction of sp³-hybridized carbons (Fsp3) is 0.538. The molecule has 0 radical (unpaired) electrons. The van der Waals surface area contributed by atoms with Gasteiger partial charge in [0.05, 0.1) is 11.4 Å². The van der Waals surface area contributed by atoms with Crippen molar-refractivity contribution in [1.82, 2.24) is 0 Å². The number of hydrogen-bond donors (Lipinski definition) is 2. The predicted octanol–water partition coefficient (Wildman–Crippen LogP) is 3.54. The van der Waals surface area contributed by atoms with Gasteiger partial charge in [0.2, 0.25) is 0 Å². The number of halogens is 2. The Labute approximate surface area is 100 Å². The average molecular weight is 240 g/mol. The van der Waals surface area contributed by atoms with Crippen LogP contribution in [-0.4, -0.2) is 6.04 Å². The Bertz CT molecular complexity index is 401. The van der Waals surface area contributed by atoms with Gasteiger partial charge in [0.15, 0.2) is 5.82 Å². The third-order valence-corrected chi connectivity index (χ3v) is 3.58. The molecule has 1 fully saturated rings. The number of nitrogen functional groups attached to an aromatic ring is 1. The Balaban J connectivity index is 2.12. The number of hydrogen-bond acceptors (Lipinski definition) is 2. The highest BCUT2D eigenvalue weighted by molar-refractivity contribution is 5.67. The molecule has 0 heterocycles. The van der Waals surface area contributed by atoms with E-state index in [1.165, 1.54) is 31.7 Å². The van der Waals surface area contributed by atoms with Crippen LogP contribution in [0.5, 0.6) is 0 Å². The van der Waals surface area contributed by atoms with Gasteiger partial charge in [-0.05, 0) is 31.7 Å². The molecule has 2 nitrogen and oxygen atoms in total. The molecule has 0 bridgehead atoms. The van der Waals surface area contributed by atoms with Gasteiger partial charge in [-0.15, -0.1) is 0 Å². The SMILES string of the molecule is CC(Nc1cc(F)cc(F)c1N)C1CCCC1. The topological polar surface area (TPSA) is 38.0 Å². The van der Waals surface area contributed by atoms with Gasteiger partial charge >= 0.3 is 0 Å². The summed E-state index contributed by atoms with van der Waals surface area (Å²) in [7, 11) is 0. The normalized spacial score (nSPS) is 18.3. The maximum absolute atomic E-state index is 13.3. The Hall–Kier alpha value is -1.32. The van der Waals surface area contributed by atoms with Gasteiger partial charge in [0.25, 0.3) is 0 Å². The zero-order valence-electron chi connectivity index (χ0n) is 9.97. The van der Waals surface area contributed by atoms with E-state index in [-0.39, 0.29) is 11.7 Å². The lowest BCUT2D eigenvalue weighted by atomic mass is 9.99. The van der Waals surface area contributed by atoms with E-state index in [2.05, 4.69) is 5.32 Å². The largest absolute Gasteiger partial charge is 0.395 e. The molecule has 0 aromatic heterocycles. The lowest BCUT2D eigenvalue weighted by Crippen LogP contribution is -2.24. The van der Waals surface area contributed by atoms with Crippen LogP contribution >= 0.6 is 0 Å². The third kappa shape index (κ3) is 2.68. The number of rotatable bonds is 3. The maximum Gasteiger partial charge on any atom is 0.151 e. The highest BCUT2D eigenvalue weighted by Gasteiger charge is 2.22. The quantitative estimate of drug-likeness (QED) is 0.793. The van der Waals surface area contributed by atoms with Crippen LogP contribution in [0.1, 0.15) is 32.6 Å². The fourth-order valence-electron chi connectivity index (χ4n) is 2.52. The number of nitrogens with one attached hydrogen (secondary N) is 1. The molecule has 0 amide bonds. The summed E-state index contributed by atoms with van der Waals surface area (Å²) in [6.45, 7) is 2.04. The van der Waals surface area contributed by atoms with Crippen LogP contribution in [0.4, 0.5) is 20.2 Å². The van der Waals surface area contributed by atoms with Gasteiger partial charge in [-0.1, -0.05) is 12.8 Å². The van der Waals surface area contributed by atoms with Crippen molar-refractivity contribution in [3.8, 4) is 0 Å². The zero-order chi connectivity index (χ0) is 12.4. The van der Waals surface area contributed by atoms with E-state index in [0.717, 1.165) is 6.07 Å². The predicted molar refractivity (Wildman–Crippen MR) is 65.8 cm³/mol. The molecule has 3 N–H and O–H groups in total. The van der Waals surface area contributed by atoms with Crippen LogP contribution in [-0.2, 0) is 0 Å². The molecule has 1 aromatic carbocycles. The van der Waals surface area contributed by atoms with Gasteiger partial charge < -0.3 is 11.1 Å². The first-order chi connectivity index (χ1) is 8.08. The summed E-state index contributed by atoms with van der Waals surface area (Å²) >= 11 is 0. The molecular weight excluding hydrogens is 222 g/mol. The van der Waals surface area contributed by atoms with Gasteiger partial charge in [0.1, 0.15) is 5.82 Å². The Morgan fingerprint density at radius 2 is 1.94 bits per heavy atom. The molecule has 0 saturated heterocycles. The zero-order valence-corrected chi connectivity index (χ0v) is 9.97. The molecule has 0 aliphatic heterocycles. The molecule has 1 unspecified atom stereocenters. The smallest absolute Gasteiger partial charge is 0.151 e. The second-order valence-corrected chi connectivity index (χ2v) is 4.83. The number of anilines is 2.